The summed E-state index contributed by atoms with van der Waals surface area (Å²) in [7, 11) is -1.18. The Bertz CT molecular complexity index is 276. The normalized spacial score (nSPS) is 11.7. The van der Waals surface area contributed by atoms with Gasteiger partial charge in [0.05, 0.1) is 8.07 Å². The maximum atomic E-state index is 8.82. The molecule has 0 bridgehead atoms. The van der Waals surface area contributed by atoms with E-state index in [1.807, 2.05) is 0 Å². The quantitative estimate of drug-likeness (QED) is 0.727. The highest BCUT2D eigenvalue weighted by Crippen LogP contribution is 2.05. The van der Waals surface area contributed by atoms with E-state index >= 15 is 0 Å². The summed E-state index contributed by atoms with van der Waals surface area (Å²) in [6.45, 7) is 7.26. The number of aliphatic hydroxyl groups excluding tert-OH is 1. The summed E-state index contributed by atoms with van der Waals surface area (Å²) in [6.07, 6.45) is 0.776. The fourth-order valence-electron chi connectivity index (χ4n) is 1.32. The lowest BCUT2D eigenvalue weighted by Gasteiger charge is -2.17. The molecular formula is C11H18OSi. The molecule has 0 amide bonds. The average molecular weight is 194 g/mol. The van der Waals surface area contributed by atoms with Crippen LogP contribution in [0.15, 0.2) is 24.3 Å². The third-order valence-corrected chi connectivity index (χ3v) is 4.24. The Labute approximate surface area is 81.4 Å². The lowest BCUT2D eigenvalue weighted by atomic mass is 10.2. The van der Waals surface area contributed by atoms with E-state index in [9.17, 15) is 0 Å². The summed E-state index contributed by atoms with van der Waals surface area (Å²) in [5, 5.41) is 10.3. The molecule has 0 aliphatic rings. The van der Waals surface area contributed by atoms with E-state index in [4.69, 9.17) is 5.11 Å². The van der Waals surface area contributed by atoms with Gasteiger partial charge in [0, 0.05) is 6.61 Å². The van der Waals surface area contributed by atoms with Crippen molar-refractivity contribution in [1.82, 2.24) is 0 Å². The topological polar surface area (TPSA) is 20.2 Å². The first kappa shape index (κ1) is 10.5. The Morgan fingerprint density at radius 3 is 2.46 bits per heavy atom. The van der Waals surface area contributed by atoms with Crippen LogP contribution in [0.2, 0.25) is 19.6 Å². The molecule has 1 aromatic rings. The minimum Gasteiger partial charge on any atom is -0.396 e. The van der Waals surface area contributed by atoms with Crippen LogP contribution in [0.25, 0.3) is 0 Å². The van der Waals surface area contributed by atoms with Crippen molar-refractivity contribution in [3.63, 3.8) is 0 Å². The van der Waals surface area contributed by atoms with Crippen LogP contribution in [-0.4, -0.2) is 19.8 Å². The molecule has 0 aliphatic carbocycles. The molecule has 0 spiro atoms. The highest BCUT2D eigenvalue weighted by atomic mass is 28.3. The molecule has 0 atom stereocenters. The van der Waals surface area contributed by atoms with Gasteiger partial charge in [0.15, 0.2) is 0 Å². The van der Waals surface area contributed by atoms with Crippen molar-refractivity contribution in [2.45, 2.75) is 26.1 Å². The molecule has 1 rings (SSSR count). The van der Waals surface area contributed by atoms with Crippen molar-refractivity contribution >= 4 is 13.3 Å². The van der Waals surface area contributed by atoms with E-state index in [2.05, 4.69) is 43.9 Å². The minimum absolute atomic E-state index is 0.245. The van der Waals surface area contributed by atoms with Gasteiger partial charge in [-0.05, 0) is 12.0 Å². The Hall–Kier alpha value is -0.603. The molecule has 0 unspecified atom stereocenters. The average Bonchev–Trinajstić information content (AvgIpc) is 2.04. The molecule has 0 fully saturated rings. The van der Waals surface area contributed by atoms with Crippen molar-refractivity contribution < 1.29 is 5.11 Å². The van der Waals surface area contributed by atoms with Crippen molar-refractivity contribution in [1.29, 1.82) is 0 Å². The Kier molecular flexibility index (Phi) is 3.28. The third kappa shape index (κ3) is 2.97. The monoisotopic (exact) mass is 194 g/mol. The SMILES string of the molecule is C[Si](C)(C)c1cccc(CCO)c1. The van der Waals surface area contributed by atoms with E-state index in [1.165, 1.54) is 10.8 Å². The molecule has 0 heterocycles. The molecule has 0 saturated carbocycles. The van der Waals surface area contributed by atoms with Crippen molar-refractivity contribution in [2.75, 3.05) is 6.61 Å². The first-order valence-electron chi connectivity index (χ1n) is 4.74. The number of hydrogen-bond donors (Lipinski definition) is 1. The molecule has 2 heteroatoms. The maximum absolute atomic E-state index is 8.82. The molecule has 0 aromatic heterocycles. The van der Waals surface area contributed by atoms with Crippen LogP contribution in [0.3, 0.4) is 0 Å². The van der Waals surface area contributed by atoms with Crippen molar-refractivity contribution in [3.8, 4) is 0 Å². The van der Waals surface area contributed by atoms with E-state index in [0.29, 0.717) is 0 Å². The van der Waals surface area contributed by atoms with Gasteiger partial charge in [-0.1, -0.05) is 49.1 Å². The second kappa shape index (κ2) is 4.07. The van der Waals surface area contributed by atoms with Crippen molar-refractivity contribution in [2.24, 2.45) is 0 Å². The summed E-state index contributed by atoms with van der Waals surface area (Å²) < 4.78 is 0. The predicted octanol–water partition coefficient (Wildman–Crippen LogP) is 1.77. The Morgan fingerprint density at radius 2 is 1.92 bits per heavy atom. The fraction of sp³-hybridized carbons (Fsp3) is 0.455. The Morgan fingerprint density at radius 1 is 1.23 bits per heavy atom. The number of rotatable bonds is 3. The zero-order valence-electron chi connectivity index (χ0n) is 8.67. The first-order chi connectivity index (χ1) is 6.04. The second-order valence-corrected chi connectivity index (χ2v) is 9.50. The van der Waals surface area contributed by atoms with E-state index in [1.54, 1.807) is 0 Å². The number of benzene rings is 1. The zero-order chi connectivity index (χ0) is 9.90. The summed E-state index contributed by atoms with van der Waals surface area (Å²) in [5.74, 6) is 0. The zero-order valence-corrected chi connectivity index (χ0v) is 9.67. The molecule has 1 aromatic carbocycles. The lowest BCUT2D eigenvalue weighted by molar-refractivity contribution is 0.299. The molecule has 72 valence electrons. The van der Waals surface area contributed by atoms with Gasteiger partial charge in [-0.15, -0.1) is 0 Å². The van der Waals surface area contributed by atoms with Crippen LogP contribution in [0.4, 0.5) is 0 Å². The van der Waals surface area contributed by atoms with E-state index in [-0.39, 0.29) is 6.61 Å². The van der Waals surface area contributed by atoms with Crippen LogP contribution in [-0.2, 0) is 6.42 Å². The summed E-state index contributed by atoms with van der Waals surface area (Å²) in [4.78, 5) is 0. The second-order valence-electron chi connectivity index (χ2n) is 4.42. The fourth-order valence-corrected chi connectivity index (χ4v) is 2.54. The highest BCUT2D eigenvalue weighted by Gasteiger charge is 2.15. The van der Waals surface area contributed by atoms with Gasteiger partial charge in [-0.3, -0.25) is 0 Å². The number of hydrogen-bond acceptors (Lipinski definition) is 1. The van der Waals surface area contributed by atoms with E-state index in [0.717, 1.165) is 6.42 Å². The molecule has 13 heavy (non-hydrogen) atoms. The summed E-state index contributed by atoms with van der Waals surface area (Å²) in [6, 6.07) is 8.62. The van der Waals surface area contributed by atoms with Gasteiger partial charge >= 0.3 is 0 Å². The van der Waals surface area contributed by atoms with Crippen LogP contribution < -0.4 is 5.19 Å². The molecule has 0 aliphatic heterocycles. The van der Waals surface area contributed by atoms with Gasteiger partial charge in [-0.25, -0.2) is 0 Å². The summed E-state index contributed by atoms with van der Waals surface area (Å²) in [5.41, 5.74) is 1.25. The van der Waals surface area contributed by atoms with E-state index < -0.39 is 8.07 Å². The minimum atomic E-state index is -1.18. The maximum Gasteiger partial charge on any atom is 0.0776 e. The van der Waals surface area contributed by atoms with Crippen LogP contribution in [0.5, 0.6) is 0 Å². The van der Waals surface area contributed by atoms with Gasteiger partial charge in [-0.2, -0.15) is 0 Å². The van der Waals surface area contributed by atoms with Crippen LogP contribution >= 0.6 is 0 Å². The van der Waals surface area contributed by atoms with Gasteiger partial charge in [0.2, 0.25) is 0 Å². The molecule has 1 nitrogen and oxygen atoms in total. The summed E-state index contributed by atoms with van der Waals surface area (Å²) >= 11 is 0. The molecular weight excluding hydrogens is 176 g/mol. The predicted molar refractivity (Wildman–Crippen MR) is 60.2 cm³/mol. The smallest absolute Gasteiger partial charge is 0.0776 e. The van der Waals surface area contributed by atoms with Gasteiger partial charge < -0.3 is 5.11 Å². The van der Waals surface area contributed by atoms with Gasteiger partial charge in [0.25, 0.3) is 0 Å². The standard InChI is InChI=1S/C11H18OSi/c1-13(2,3)11-6-4-5-10(9-11)7-8-12/h4-6,9,12H,7-8H2,1-3H3. The molecule has 1 N–H and O–H groups in total. The first-order valence-corrected chi connectivity index (χ1v) is 8.24. The van der Waals surface area contributed by atoms with Gasteiger partial charge in [0.1, 0.15) is 0 Å². The lowest BCUT2D eigenvalue weighted by Crippen LogP contribution is -2.37. The number of aliphatic hydroxyl groups is 1. The largest absolute Gasteiger partial charge is 0.396 e. The molecule has 0 radical (unpaired) electrons. The van der Waals surface area contributed by atoms with Crippen LogP contribution in [0, 0.1) is 0 Å². The third-order valence-electron chi connectivity index (χ3n) is 2.19. The molecule has 0 saturated heterocycles. The van der Waals surface area contributed by atoms with Crippen molar-refractivity contribution in [3.05, 3.63) is 29.8 Å². The highest BCUT2D eigenvalue weighted by molar-refractivity contribution is 6.88. The van der Waals surface area contributed by atoms with Crippen LogP contribution in [0.1, 0.15) is 5.56 Å². The Balaban J connectivity index is 2.92.